The molecule has 1 N–H and O–H groups in total. The first-order chi connectivity index (χ1) is 30.2. The lowest BCUT2D eigenvalue weighted by molar-refractivity contribution is -0.356. The van der Waals surface area contributed by atoms with E-state index >= 15 is 0 Å². The lowest BCUT2D eigenvalue weighted by atomic mass is 9.96. The van der Waals surface area contributed by atoms with Crippen LogP contribution >= 0.6 is 0 Å². The number of ether oxygens (including phenoxy) is 9. The molecule has 2 aliphatic heterocycles. The molecule has 346 valence electrons. The van der Waals surface area contributed by atoms with Crippen LogP contribution in [0.4, 0.5) is 0 Å². The molecule has 2 saturated heterocycles. The molecule has 0 bridgehead atoms. The average Bonchev–Trinajstić information content (AvgIpc) is 3.21. The zero-order valence-electron chi connectivity index (χ0n) is 37.2. The number of carbonyl (C=O) groups excluding carboxylic acids is 6. The van der Waals surface area contributed by atoms with E-state index in [0.717, 1.165) is 50.6 Å². The van der Waals surface area contributed by atoms with Crippen molar-refractivity contribution >= 4 is 54.5 Å². The Morgan fingerprint density at radius 1 is 0.562 bits per heavy atom. The van der Waals surface area contributed by atoms with E-state index in [1.165, 1.54) is 0 Å². The first-order valence-electron chi connectivity index (χ1n) is 20.7. The molecular weight excluding hydrogens is 853 g/mol. The van der Waals surface area contributed by atoms with Crippen LogP contribution in [-0.4, -0.2) is 124 Å². The maximum absolute atomic E-state index is 14.2. The predicted molar refractivity (Wildman–Crippen MR) is 227 cm³/mol. The molecule has 3 aromatic carbocycles. The molecular formula is C46H56O17Si. The number of rotatable bonds is 15. The van der Waals surface area contributed by atoms with E-state index in [9.17, 15) is 33.9 Å². The van der Waals surface area contributed by atoms with Crippen LogP contribution in [0.25, 0.3) is 0 Å². The van der Waals surface area contributed by atoms with Crippen LogP contribution in [0, 0.1) is 6.92 Å². The first kappa shape index (κ1) is 49.5. The third-order valence-corrected chi connectivity index (χ3v) is 15.6. The monoisotopic (exact) mass is 908 g/mol. The van der Waals surface area contributed by atoms with E-state index < -0.39 is 117 Å². The van der Waals surface area contributed by atoms with E-state index in [0.29, 0.717) is 0 Å². The van der Waals surface area contributed by atoms with Gasteiger partial charge in [-0.25, -0.2) is 4.79 Å². The maximum atomic E-state index is 14.2. The molecule has 2 aliphatic rings. The van der Waals surface area contributed by atoms with Crippen LogP contribution in [0.2, 0.25) is 5.04 Å². The molecule has 3 aromatic rings. The number of hydrogen-bond acceptors (Lipinski definition) is 17. The van der Waals surface area contributed by atoms with Gasteiger partial charge in [-0.2, -0.15) is 0 Å². The Balaban J connectivity index is 1.67. The van der Waals surface area contributed by atoms with Crippen molar-refractivity contribution in [3.8, 4) is 0 Å². The fourth-order valence-electron chi connectivity index (χ4n) is 7.95. The van der Waals surface area contributed by atoms with Crippen molar-refractivity contribution in [2.75, 3.05) is 13.2 Å². The zero-order valence-corrected chi connectivity index (χ0v) is 38.2. The molecule has 10 atom stereocenters. The molecule has 0 spiro atoms. The second-order valence-electron chi connectivity index (χ2n) is 16.5. The highest BCUT2D eigenvalue weighted by Crippen LogP contribution is 2.39. The first-order valence-corrected chi connectivity index (χ1v) is 22.6. The molecule has 0 radical (unpaired) electrons. The summed E-state index contributed by atoms with van der Waals surface area (Å²) in [7, 11) is -3.35. The summed E-state index contributed by atoms with van der Waals surface area (Å²) in [5.41, 5.74) is 0.982. The highest BCUT2D eigenvalue weighted by atomic mass is 28.4. The minimum Gasteiger partial charge on any atom is -0.463 e. The van der Waals surface area contributed by atoms with Gasteiger partial charge in [0.05, 0.1) is 12.2 Å². The van der Waals surface area contributed by atoms with Crippen molar-refractivity contribution in [3.63, 3.8) is 0 Å². The highest BCUT2D eigenvalue weighted by molar-refractivity contribution is 6.99. The SMILES string of the molecule is CC(=O)OC[C@H]1O[C@@H](O[C@@H]2[C@@H](OC(C)=O)[C@H](O)O[C@H](CO[Si](c3ccccc3)(c3ccccc3)C(C)(C)C)[C@@H]2OC(=O)c2ccc(C)cc2)[C@H](OC(C)=O)[C@@H](OC(C)=O)[C@H]1OC(C)=O. The molecule has 0 saturated carbocycles. The second-order valence-corrected chi connectivity index (χ2v) is 20.8. The fraction of sp³-hybridized carbons (Fsp3) is 0.478. The Morgan fingerprint density at radius 2 is 1.03 bits per heavy atom. The van der Waals surface area contributed by atoms with Gasteiger partial charge in [0, 0.05) is 34.6 Å². The molecule has 2 heterocycles. The summed E-state index contributed by atoms with van der Waals surface area (Å²) in [6, 6.07) is 25.8. The summed E-state index contributed by atoms with van der Waals surface area (Å²) in [6.07, 6.45) is -16.6. The van der Waals surface area contributed by atoms with Crippen molar-refractivity contribution in [1.82, 2.24) is 0 Å². The Bertz CT molecular complexity index is 2050. The van der Waals surface area contributed by atoms with Crippen molar-refractivity contribution in [1.29, 1.82) is 0 Å². The number of aliphatic hydroxyl groups is 1. The Kier molecular flexibility index (Phi) is 16.6. The van der Waals surface area contributed by atoms with Crippen molar-refractivity contribution in [2.24, 2.45) is 0 Å². The van der Waals surface area contributed by atoms with Gasteiger partial charge in [0.15, 0.2) is 43.1 Å². The van der Waals surface area contributed by atoms with E-state index in [2.05, 4.69) is 20.8 Å². The molecule has 0 unspecified atom stereocenters. The summed E-state index contributed by atoms with van der Waals surface area (Å²) in [4.78, 5) is 76.7. The number of benzene rings is 3. The number of esters is 6. The maximum Gasteiger partial charge on any atom is 0.338 e. The predicted octanol–water partition coefficient (Wildman–Crippen LogP) is 3.21. The Morgan fingerprint density at radius 3 is 1.53 bits per heavy atom. The molecule has 0 aliphatic carbocycles. The number of aliphatic hydroxyl groups excluding tert-OH is 1. The zero-order chi connectivity index (χ0) is 46.9. The van der Waals surface area contributed by atoms with Crippen molar-refractivity contribution < 1.29 is 80.9 Å². The quantitative estimate of drug-likeness (QED) is 0.132. The minimum absolute atomic E-state index is 0.124. The summed E-state index contributed by atoms with van der Waals surface area (Å²) in [5.74, 6) is -5.17. The van der Waals surface area contributed by atoms with Gasteiger partial charge in [0.25, 0.3) is 8.32 Å². The van der Waals surface area contributed by atoms with Crippen molar-refractivity contribution in [3.05, 3.63) is 96.1 Å². The highest BCUT2D eigenvalue weighted by Gasteiger charge is 2.58. The second kappa shape index (κ2) is 21.5. The third-order valence-electron chi connectivity index (χ3n) is 10.6. The molecule has 2 fully saturated rings. The Labute approximate surface area is 372 Å². The van der Waals surface area contributed by atoms with Crippen LogP contribution in [0.1, 0.15) is 71.3 Å². The van der Waals surface area contributed by atoms with Gasteiger partial charge >= 0.3 is 35.8 Å². The molecule has 0 aromatic heterocycles. The molecule has 18 heteroatoms. The standard InChI is InChI=1S/C46H56O17Si/c1-26-20-22-32(23-21-26)43(52)62-38-36(25-55-64(46(7,8)9,33-16-12-10-13-17-33)34-18-14-11-15-19-34)60-44(53)41(58-30(5)50)39(38)63-45-42(59-31(6)51)40(57-29(4)49)37(56-28(3)48)35(61-45)24-54-27(2)47/h10-23,35-42,44-45,53H,24-25H2,1-9H3/t35-,36-,37+,38+,39+,40+,41-,42-,44-,45+/m1/s1. The Hall–Kier alpha value is -5.50. The van der Waals surface area contributed by atoms with Crippen LogP contribution in [0.15, 0.2) is 84.9 Å². The van der Waals surface area contributed by atoms with E-state index in [4.69, 9.17) is 47.1 Å². The number of aryl methyl sites for hydroxylation is 1. The average molecular weight is 909 g/mol. The molecule has 5 rings (SSSR count). The topological polar surface area (TPSA) is 215 Å². The van der Waals surface area contributed by atoms with Crippen LogP contribution in [0.3, 0.4) is 0 Å². The summed E-state index contributed by atoms with van der Waals surface area (Å²) < 4.78 is 60.1. The van der Waals surface area contributed by atoms with Gasteiger partial charge in [-0.05, 0) is 34.5 Å². The van der Waals surface area contributed by atoms with E-state index in [1.54, 1.807) is 24.3 Å². The van der Waals surface area contributed by atoms with Gasteiger partial charge in [0.1, 0.15) is 24.9 Å². The van der Waals surface area contributed by atoms with E-state index in [-0.39, 0.29) is 12.2 Å². The summed E-state index contributed by atoms with van der Waals surface area (Å²) >= 11 is 0. The van der Waals surface area contributed by atoms with Gasteiger partial charge in [-0.1, -0.05) is 99.1 Å². The van der Waals surface area contributed by atoms with Crippen LogP contribution < -0.4 is 10.4 Å². The van der Waals surface area contributed by atoms with Gasteiger partial charge in [-0.3, -0.25) is 24.0 Å². The smallest absolute Gasteiger partial charge is 0.338 e. The van der Waals surface area contributed by atoms with Crippen LogP contribution in [0.5, 0.6) is 0 Å². The van der Waals surface area contributed by atoms with Gasteiger partial charge < -0.3 is 52.2 Å². The van der Waals surface area contributed by atoms with Crippen LogP contribution in [-0.2, 0) is 71.0 Å². The van der Waals surface area contributed by atoms with Crippen molar-refractivity contribution in [2.45, 2.75) is 129 Å². The molecule has 64 heavy (non-hydrogen) atoms. The minimum atomic E-state index is -3.35. The lowest BCUT2D eigenvalue weighted by Gasteiger charge is -2.49. The number of carbonyl (C=O) groups is 6. The number of hydrogen-bond donors (Lipinski definition) is 1. The summed E-state index contributed by atoms with van der Waals surface area (Å²) in [5, 5.41) is 13.0. The van der Waals surface area contributed by atoms with Gasteiger partial charge in [0.2, 0.25) is 0 Å². The largest absolute Gasteiger partial charge is 0.463 e. The molecule has 17 nitrogen and oxygen atoms in total. The van der Waals surface area contributed by atoms with Gasteiger partial charge in [-0.15, -0.1) is 0 Å². The lowest BCUT2D eigenvalue weighted by Crippen LogP contribution is -2.69. The third kappa shape index (κ3) is 12.0. The molecule has 0 amide bonds. The van der Waals surface area contributed by atoms with E-state index in [1.807, 2.05) is 67.6 Å². The summed E-state index contributed by atoms with van der Waals surface area (Å²) in [6.45, 7) is 12.5. The normalized spacial score (nSPS) is 25.8. The fourth-order valence-corrected chi connectivity index (χ4v) is 12.5.